The first-order chi connectivity index (χ1) is 14.1. The molecule has 1 nitrogen and oxygen atoms in total. The molecule has 0 saturated carbocycles. The van der Waals surface area contributed by atoms with Gasteiger partial charge in [0.25, 0.3) is 0 Å². The van der Waals surface area contributed by atoms with Crippen LogP contribution < -0.4 is 4.90 Å². The van der Waals surface area contributed by atoms with Crippen LogP contribution in [-0.2, 0) is 0 Å². The number of hydrogen-bond acceptors (Lipinski definition) is 1. The van der Waals surface area contributed by atoms with Crippen molar-refractivity contribution in [3.05, 3.63) is 121 Å². The standard InChI is InChI=1S/C28H27N/c1-6-21(4)18-19-22(5)29(24-14-10-9-11-15-24)28-20-23(7-2)25(8-3)26-16-12-13-17-27(26)28/h6-20H,2-3,5H2,1,4H3/b19-18-,21-6-. The second-order valence-corrected chi connectivity index (χ2v) is 6.88. The number of rotatable bonds is 7. The first kappa shape index (κ1) is 20.2. The highest BCUT2D eigenvalue weighted by Crippen LogP contribution is 2.39. The minimum Gasteiger partial charge on any atom is -0.310 e. The van der Waals surface area contributed by atoms with Crippen LogP contribution >= 0.6 is 0 Å². The van der Waals surface area contributed by atoms with Crippen molar-refractivity contribution >= 4 is 34.3 Å². The molecule has 0 spiro atoms. The number of benzene rings is 3. The molecule has 0 aliphatic rings. The summed E-state index contributed by atoms with van der Waals surface area (Å²) < 4.78 is 0. The lowest BCUT2D eigenvalue weighted by atomic mass is 9.96. The van der Waals surface area contributed by atoms with Crippen molar-refractivity contribution in [2.45, 2.75) is 13.8 Å². The summed E-state index contributed by atoms with van der Waals surface area (Å²) in [6.07, 6.45) is 10.0. The highest BCUT2D eigenvalue weighted by molar-refractivity contribution is 6.04. The van der Waals surface area contributed by atoms with Crippen molar-refractivity contribution in [1.29, 1.82) is 0 Å². The van der Waals surface area contributed by atoms with Gasteiger partial charge in [-0.25, -0.2) is 0 Å². The fourth-order valence-corrected chi connectivity index (χ4v) is 3.42. The summed E-state index contributed by atoms with van der Waals surface area (Å²) in [5.74, 6) is 0. The van der Waals surface area contributed by atoms with Crippen LogP contribution in [0.1, 0.15) is 25.0 Å². The van der Waals surface area contributed by atoms with E-state index in [1.165, 1.54) is 5.57 Å². The monoisotopic (exact) mass is 377 g/mol. The summed E-state index contributed by atoms with van der Waals surface area (Å²) in [4.78, 5) is 2.20. The van der Waals surface area contributed by atoms with Gasteiger partial charge in [-0.2, -0.15) is 0 Å². The summed E-state index contributed by atoms with van der Waals surface area (Å²) in [7, 11) is 0. The molecule has 0 amide bonds. The first-order valence-corrected chi connectivity index (χ1v) is 9.76. The van der Waals surface area contributed by atoms with Crippen LogP contribution in [0.15, 0.2) is 110 Å². The maximum atomic E-state index is 4.38. The SMILES string of the molecule is C=Cc1cc(N(C(=C)/C=C\C(C)=C/C)c2ccccc2)c2ccccc2c1C=C. The molecule has 0 heterocycles. The van der Waals surface area contributed by atoms with Gasteiger partial charge >= 0.3 is 0 Å². The van der Waals surface area contributed by atoms with E-state index in [0.717, 1.165) is 39.0 Å². The lowest BCUT2D eigenvalue weighted by molar-refractivity contribution is 1.23. The molecule has 0 atom stereocenters. The van der Waals surface area contributed by atoms with Crippen LogP contribution in [0.25, 0.3) is 22.9 Å². The Kier molecular flexibility index (Phi) is 6.31. The minimum absolute atomic E-state index is 0.893. The number of para-hydroxylation sites is 1. The van der Waals surface area contributed by atoms with E-state index in [4.69, 9.17) is 0 Å². The van der Waals surface area contributed by atoms with Crippen molar-refractivity contribution in [2.75, 3.05) is 4.90 Å². The second-order valence-electron chi connectivity index (χ2n) is 6.88. The molecule has 0 aliphatic carbocycles. The predicted octanol–water partition coefficient (Wildman–Crippen LogP) is 8.30. The summed E-state index contributed by atoms with van der Waals surface area (Å²) in [5.41, 5.74) is 6.36. The van der Waals surface area contributed by atoms with Gasteiger partial charge < -0.3 is 4.90 Å². The Hall–Kier alpha value is -3.58. The van der Waals surface area contributed by atoms with Crippen LogP contribution in [0.3, 0.4) is 0 Å². The molecule has 0 aliphatic heterocycles. The number of fused-ring (bicyclic) bond motifs is 1. The topological polar surface area (TPSA) is 3.24 Å². The molecule has 0 bridgehead atoms. The highest BCUT2D eigenvalue weighted by Gasteiger charge is 2.17. The predicted molar refractivity (Wildman–Crippen MR) is 130 cm³/mol. The van der Waals surface area contributed by atoms with Gasteiger partial charge in [-0.05, 0) is 54.6 Å². The molecule has 144 valence electrons. The number of hydrogen-bond donors (Lipinski definition) is 0. The summed E-state index contributed by atoms with van der Waals surface area (Å²) in [6.45, 7) is 16.6. The van der Waals surface area contributed by atoms with Gasteiger partial charge in [-0.15, -0.1) is 0 Å². The average molecular weight is 378 g/mol. The first-order valence-electron chi connectivity index (χ1n) is 9.76. The Labute approximate surface area is 174 Å². The van der Waals surface area contributed by atoms with Gasteiger partial charge in [0.2, 0.25) is 0 Å². The Morgan fingerprint density at radius 1 is 0.862 bits per heavy atom. The Morgan fingerprint density at radius 2 is 1.52 bits per heavy atom. The van der Waals surface area contributed by atoms with Gasteiger partial charge in [0.05, 0.1) is 5.69 Å². The van der Waals surface area contributed by atoms with E-state index in [2.05, 4.69) is 92.3 Å². The lowest BCUT2D eigenvalue weighted by Gasteiger charge is -2.28. The zero-order valence-corrected chi connectivity index (χ0v) is 17.2. The molecule has 3 aromatic carbocycles. The van der Waals surface area contributed by atoms with Gasteiger partial charge in [0.1, 0.15) is 0 Å². The fraction of sp³-hybridized carbons (Fsp3) is 0.0714. The highest BCUT2D eigenvalue weighted by atomic mass is 15.1. The number of nitrogens with zero attached hydrogens (tertiary/aromatic N) is 1. The molecular weight excluding hydrogens is 350 g/mol. The molecule has 3 aromatic rings. The van der Waals surface area contributed by atoms with Crippen LogP contribution in [0.5, 0.6) is 0 Å². The molecule has 0 saturated heterocycles. The average Bonchev–Trinajstić information content (AvgIpc) is 2.77. The molecule has 3 rings (SSSR count). The summed E-state index contributed by atoms with van der Waals surface area (Å²) >= 11 is 0. The van der Waals surface area contributed by atoms with Crippen molar-refractivity contribution < 1.29 is 0 Å². The van der Waals surface area contributed by atoms with Crippen LogP contribution in [0.4, 0.5) is 11.4 Å². The van der Waals surface area contributed by atoms with E-state index >= 15 is 0 Å². The third-order valence-electron chi connectivity index (χ3n) is 5.06. The van der Waals surface area contributed by atoms with E-state index < -0.39 is 0 Å². The minimum atomic E-state index is 0.893. The van der Waals surface area contributed by atoms with Crippen molar-refractivity contribution in [3.63, 3.8) is 0 Å². The van der Waals surface area contributed by atoms with Crippen LogP contribution in [0, 0.1) is 0 Å². The van der Waals surface area contributed by atoms with Crippen LogP contribution in [0.2, 0.25) is 0 Å². The maximum absolute atomic E-state index is 4.38. The maximum Gasteiger partial charge on any atom is 0.0546 e. The molecule has 0 fully saturated rings. The fourth-order valence-electron chi connectivity index (χ4n) is 3.42. The lowest BCUT2D eigenvalue weighted by Crippen LogP contribution is -2.15. The molecule has 29 heavy (non-hydrogen) atoms. The van der Waals surface area contributed by atoms with Crippen molar-refractivity contribution in [1.82, 2.24) is 0 Å². The third-order valence-corrected chi connectivity index (χ3v) is 5.06. The molecule has 0 N–H and O–H groups in total. The molecular formula is C28H27N. The second kappa shape index (κ2) is 9.07. The Balaban J connectivity index is 2.30. The van der Waals surface area contributed by atoms with E-state index in [0.29, 0.717) is 0 Å². The normalized spacial score (nSPS) is 11.6. The molecule has 0 radical (unpaired) electrons. The summed E-state index contributed by atoms with van der Waals surface area (Å²) in [5, 5.41) is 2.30. The van der Waals surface area contributed by atoms with E-state index in [1.807, 2.05) is 37.3 Å². The van der Waals surface area contributed by atoms with E-state index in [9.17, 15) is 0 Å². The van der Waals surface area contributed by atoms with Gasteiger partial charge in [-0.3, -0.25) is 0 Å². The van der Waals surface area contributed by atoms with E-state index in [1.54, 1.807) is 0 Å². The largest absolute Gasteiger partial charge is 0.310 e. The Morgan fingerprint density at radius 3 is 2.14 bits per heavy atom. The van der Waals surface area contributed by atoms with E-state index in [-0.39, 0.29) is 0 Å². The van der Waals surface area contributed by atoms with Gasteiger partial charge in [0.15, 0.2) is 0 Å². The smallest absolute Gasteiger partial charge is 0.0546 e. The molecule has 1 heteroatoms. The number of allylic oxidation sites excluding steroid dienone is 4. The zero-order chi connectivity index (χ0) is 20.8. The summed E-state index contributed by atoms with van der Waals surface area (Å²) in [6, 6.07) is 20.9. The zero-order valence-electron chi connectivity index (χ0n) is 17.2. The van der Waals surface area contributed by atoms with Gasteiger partial charge in [0, 0.05) is 16.8 Å². The molecule has 0 unspecified atom stereocenters. The third kappa shape index (κ3) is 4.14. The van der Waals surface area contributed by atoms with Crippen molar-refractivity contribution in [2.24, 2.45) is 0 Å². The molecule has 0 aromatic heterocycles. The Bertz CT molecular complexity index is 1110. The van der Waals surface area contributed by atoms with Gasteiger partial charge in [-0.1, -0.05) is 92.1 Å². The quantitative estimate of drug-likeness (QED) is 0.374. The van der Waals surface area contributed by atoms with Crippen molar-refractivity contribution in [3.8, 4) is 0 Å². The van der Waals surface area contributed by atoms with Crippen LogP contribution in [-0.4, -0.2) is 0 Å². The number of anilines is 2.